The van der Waals surface area contributed by atoms with Crippen molar-refractivity contribution in [2.45, 2.75) is 25.6 Å². The molecule has 0 saturated carbocycles. The number of methoxy groups -OCH3 is 1. The molecule has 0 fully saturated rings. The van der Waals surface area contributed by atoms with E-state index < -0.39 is 12.2 Å². The van der Waals surface area contributed by atoms with E-state index in [4.69, 9.17) is 19.3 Å². The quantitative estimate of drug-likeness (QED) is 0.341. The standard InChI is InChI=1S/C23H19BrN2O4S/c1-13(27)29-21-11-16(24)15(10-20(21)28-2)23-26-18(14-6-3-4-7-19(14)30-23)12-17(25-26)22-8-5-9-31-22/h3-11,18,23H,12H2,1-2H3/t18-,23+/m1/s1. The number of rotatable bonds is 4. The van der Waals surface area contributed by atoms with Gasteiger partial charge in [0.25, 0.3) is 0 Å². The molecule has 1 aromatic heterocycles. The average Bonchev–Trinajstić information content (AvgIpc) is 3.43. The summed E-state index contributed by atoms with van der Waals surface area (Å²) in [4.78, 5) is 12.6. The van der Waals surface area contributed by atoms with Crippen LogP contribution in [0.25, 0.3) is 0 Å². The van der Waals surface area contributed by atoms with Crippen LogP contribution >= 0.6 is 27.3 Å². The topological polar surface area (TPSA) is 60.4 Å². The van der Waals surface area contributed by atoms with Gasteiger partial charge in [0.05, 0.1) is 23.7 Å². The molecule has 0 saturated heterocycles. The number of carbonyl (C=O) groups excluding carboxylic acids is 1. The van der Waals surface area contributed by atoms with Gasteiger partial charge >= 0.3 is 5.97 Å². The third-order valence-electron chi connectivity index (χ3n) is 5.31. The van der Waals surface area contributed by atoms with Crippen LogP contribution in [0.5, 0.6) is 17.2 Å². The van der Waals surface area contributed by atoms with E-state index >= 15 is 0 Å². The summed E-state index contributed by atoms with van der Waals surface area (Å²) in [7, 11) is 1.54. The number of hydrogen-bond donors (Lipinski definition) is 0. The van der Waals surface area contributed by atoms with Crippen molar-refractivity contribution in [3.05, 3.63) is 74.4 Å². The lowest BCUT2D eigenvalue weighted by atomic mass is 9.97. The van der Waals surface area contributed by atoms with Gasteiger partial charge < -0.3 is 14.2 Å². The number of hydrazone groups is 1. The molecule has 158 valence electrons. The molecule has 0 unspecified atom stereocenters. The Labute approximate surface area is 192 Å². The number of para-hydroxylation sites is 1. The second-order valence-corrected chi connectivity index (χ2v) is 9.05. The summed E-state index contributed by atoms with van der Waals surface area (Å²) in [6.07, 6.45) is 0.338. The van der Waals surface area contributed by atoms with Crippen molar-refractivity contribution in [2.75, 3.05) is 7.11 Å². The fourth-order valence-corrected chi connectivity index (χ4v) is 5.20. The maximum absolute atomic E-state index is 11.5. The summed E-state index contributed by atoms with van der Waals surface area (Å²) in [6.45, 7) is 1.36. The average molecular weight is 499 g/mol. The molecule has 8 heteroatoms. The van der Waals surface area contributed by atoms with E-state index in [9.17, 15) is 4.79 Å². The highest BCUT2D eigenvalue weighted by molar-refractivity contribution is 9.10. The van der Waals surface area contributed by atoms with Crippen LogP contribution in [0.3, 0.4) is 0 Å². The maximum Gasteiger partial charge on any atom is 0.308 e. The Morgan fingerprint density at radius 1 is 1.19 bits per heavy atom. The smallest absolute Gasteiger partial charge is 0.308 e. The normalized spacial score (nSPS) is 19.2. The van der Waals surface area contributed by atoms with Crippen LogP contribution in [-0.2, 0) is 4.79 Å². The van der Waals surface area contributed by atoms with Gasteiger partial charge in [-0.2, -0.15) is 5.10 Å². The molecule has 31 heavy (non-hydrogen) atoms. The highest BCUT2D eigenvalue weighted by Gasteiger charge is 2.42. The molecular formula is C23H19BrN2O4S. The Kier molecular flexibility index (Phi) is 5.19. The van der Waals surface area contributed by atoms with Gasteiger partial charge in [-0.25, -0.2) is 5.01 Å². The fraction of sp³-hybridized carbons (Fsp3) is 0.217. The lowest BCUT2D eigenvalue weighted by molar-refractivity contribution is -0.132. The third-order valence-corrected chi connectivity index (χ3v) is 6.91. The zero-order chi connectivity index (χ0) is 21.5. The molecule has 2 aliphatic heterocycles. The van der Waals surface area contributed by atoms with Crippen LogP contribution < -0.4 is 14.2 Å². The van der Waals surface area contributed by atoms with Crippen LogP contribution in [-0.4, -0.2) is 23.8 Å². The van der Waals surface area contributed by atoms with Crippen molar-refractivity contribution in [2.24, 2.45) is 5.10 Å². The van der Waals surface area contributed by atoms with E-state index in [-0.39, 0.29) is 6.04 Å². The SMILES string of the molecule is COc1cc([C@@H]2Oc3ccccc3[C@H]3CC(c4cccs4)=NN32)c(Br)cc1OC(C)=O. The zero-order valence-electron chi connectivity index (χ0n) is 16.9. The number of ether oxygens (including phenoxy) is 3. The summed E-state index contributed by atoms with van der Waals surface area (Å²) in [5.41, 5.74) is 3.00. The summed E-state index contributed by atoms with van der Waals surface area (Å²) >= 11 is 5.31. The minimum atomic E-state index is -0.466. The summed E-state index contributed by atoms with van der Waals surface area (Å²) in [5.74, 6) is 1.23. The van der Waals surface area contributed by atoms with E-state index in [1.165, 1.54) is 6.92 Å². The highest BCUT2D eigenvalue weighted by Crippen LogP contribution is 2.49. The zero-order valence-corrected chi connectivity index (χ0v) is 19.3. The first-order valence-electron chi connectivity index (χ1n) is 9.76. The Bertz CT molecular complexity index is 1180. The molecule has 0 radical (unpaired) electrons. The molecule has 3 heterocycles. The van der Waals surface area contributed by atoms with Crippen molar-refractivity contribution in [1.29, 1.82) is 0 Å². The van der Waals surface area contributed by atoms with Crippen LogP contribution in [0.15, 0.2) is 63.5 Å². The van der Waals surface area contributed by atoms with E-state index in [1.807, 2.05) is 35.3 Å². The van der Waals surface area contributed by atoms with Gasteiger partial charge in [-0.3, -0.25) is 4.79 Å². The summed E-state index contributed by atoms with van der Waals surface area (Å²) in [5, 5.41) is 9.04. The molecule has 2 aromatic carbocycles. The number of thiophene rings is 1. The molecule has 5 rings (SSSR count). The highest BCUT2D eigenvalue weighted by atomic mass is 79.9. The molecular weight excluding hydrogens is 480 g/mol. The van der Waals surface area contributed by atoms with E-state index in [0.29, 0.717) is 11.5 Å². The number of benzene rings is 2. The van der Waals surface area contributed by atoms with Crippen LogP contribution in [0.4, 0.5) is 0 Å². The molecule has 3 aromatic rings. The first kappa shape index (κ1) is 20.1. The Morgan fingerprint density at radius 2 is 2.03 bits per heavy atom. The van der Waals surface area contributed by atoms with Gasteiger partial charge in [0, 0.05) is 28.9 Å². The number of hydrogen-bond acceptors (Lipinski definition) is 7. The molecule has 0 amide bonds. The first-order valence-corrected chi connectivity index (χ1v) is 11.4. The van der Waals surface area contributed by atoms with Gasteiger partial charge in [0.2, 0.25) is 6.23 Å². The predicted octanol–water partition coefficient (Wildman–Crippen LogP) is 5.69. The van der Waals surface area contributed by atoms with Crippen molar-refractivity contribution < 1.29 is 19.0 Å². The number of esters is 1. The van der Waals surface area contributed by atoms with E-state index in [1.54, 1.807) is 24.5 Å². The Hall–Kier alpha value is -2.84. The molecule has 2 aliphatic rings. The minimum absolute atomic E-state index is 0.0677. The maximum atomic E-state index is 11.5. The predicted molar refractivity (Wildman–Crippen MR) is 122 cm³/mol. The van der Waals surface area contributed by atoms with Gasteiger partial charge in [0.15, 0.2) is 11.5 Å². The second kappa shape index (κ2) is 8.01. The first-order chi connectivity index (χ1) is 15.0. The number of fused-ring (bicyclic) bond motifs is 3. The Balaban J connectivity index is 1.60. The molecule has 0 N–H and O–H groups in total. The van der Waals surface area contributed by atoms with Crippen molar-refractivity contribution in [3.63, 3.8) is 0 Å². The van der Waals surface area contributed by atoms with Gasteiger partial charge in [-0.1, -0.05) is 40.2 Å². The van der Waals surface area contributed by atoms with Crippen LogP contribution in [0, 0.1) is 0 Å². The van der Waals surface area contributed by atoms with Crippen LogP contribution in [0.1, 0.15) is 41.6 Å². The van der Waals surface area contributed by atoms with Gasteiger partial charge in [0.1, 0.15) is 5.75 Å². The molecule has 0 spiro atoms. The Morgan fingerprint density at radius 3 is 2.77 bits per heavy atom. The van der Waals surface area contributed by atoms with Crippen LogP contribution in [0.2, 0.25) is 0 Å². The number of carbonyl (C=O) groups is 1. The van der Waals surface area contributed by atoms with E-state index in [0.717, 1.165) is 38.4 Å². The van der Waals surface area contributed by atoms with Gasteiger partial charge in [-0.15, -0.1) is 11.3 Å². The van der Waals surface area contributed by atoms with E-state index in [2.05, 4.69) is 33.4 Å². The van der Waals surface area contributed by atoms with Gasteiger partial charge in [-0.05, 0) is 29.6 Å². The lowest BCUT2D eigenvalue weighted by Crippen LogP contribution is -2.34. The number of nitrogens with zero attached hydrogens (tertiary/aromatic N) is 2. The molecule has 2 atom stereocenters. The van der Waals surface area contributed by atoms with Crippen molar-refractivity contribution >= 4 is 38.9 Å². The number of halogens is 1. The molecule has 0 bridgehead atoms. The summed E-state index contributed by atoms with van der Waals surface area (Å²) < 4.78 is 18.0. The molecule has 6 nitrogen and oxygen atoms in total. The minimum Gasteiger partial charge on any atom is -0.493 e. The third kappa shape index (κ3) is 3.59. The molecule has 0 aliphatic carbocycles. The largest absolute Gasteiger partial charge is 0.493 e. The fourth-order valence-electron chi connectivity index (χ4n) is 3.97. The van der Waals surface area contributed by atoms with Crippen molar-refractivity contribution in [1.82, 2.24) is 5.01 Å². The van der Waals surface area contributed by atoms with Crippen molar-refractivity contribution in [3.8, 4) is 17.2 Å². The lowest BCUT2D eigenvalue weighted by Gasteiger charge is -2.38. The summed E-state index contributed by atoms with van der Waals surface area (Å²) in [6, 6.07) is 15.8. The monoisotopic (exact) mass is 498 g/mol. The second-order valence-electron chi connectivity index (χ2n) is 7.25.